The maximum absolute atomic E-state index is 11.2. The van der Waals surface area contributed by atoms with E-state index in [1.165, 1.54) is 11.3 Å². The maximum atomic E-state index is 11.2. The smallest absolute Gasteiger partial charge is 0.224 e. The highest BCUT2D eigenvalue weighted by Crippen LogP contribution is 2.29. The minimum absolute atomic E-state index is 0.0654. The van der Waals surface area contributed by atoms with E-state index in [-0.39, 0.29) is 5.91 Å². The summed E-state index contributed by atoms with van der Waals surface area (Å²) in [6, 6.07) is 6.13. The molecule has 1 aliphatic heterocycles. The first-order valence-electron chi connectivity index (χ1n) is 5.34. The van der Waals surface area contributed by atoms with Crippen LogP contribution in [-0.2, 0) is 11.2 Å². The van der Waals surface area contributed by atoms with Gasteiger partial charge in [-0.1, -0.05) is 13.0 Å². The number of amides is 1. The second kappa shape index (κ2) is 3.93. The molecule has 1 aromatic rings. The molecule has 1 N–H and O–H groups in total. The number of hydrogen-bond donors (Lipinski definition) is 1. The molecule has 0 fully saturated rings. The van der Waals surface area contributed by atoms with E-state index >= 15 is 0 Å². The number of anilines is 2. The molecule has 1 amide bonds. The summed E-state index contributed by atoms with van der Waals surface area (Å²) >= 11 is 0. The second-order valence-corrected chi connectivity index (χ2v) is 3.92. The van der Waals surface area contributed by atoms with Crippen molar-refractivity contribution < 1.29 is 4.79 Å². The van der Waals surface area contributed by atoms with Crippen LogP contribution in [0.5, 0.6) is 0 Å². The quantitative estimate of drug-likeness (QED) is 0.799. The van der Waals surface area contributed by atoms with Crippen LogP contribution in [0.1, 0.15) is 18.9 Å². The molecule has 80 valence electrons. The molecule has 0 saturated heterocycles. The largest absolute Gasteiger partial charge is 0.374 e. The van der Waals surface area contributed by atoms with Crippen molar-refractivity contribution in [3.63, 3.8) is 0 Å². The Hall–Kier alpha value is -1.51. The highest BCUT2D eigenvalue weighted by atomic mass is 16.1. The van der Waals surface area contributed by atoms with E-state index in [0.717, 1.165) is 18.7 Å². The first-order valence-corrected chi connectivity index (χ1v) is 5.34. The first kappa shape index (κ1) is 10.0. The predicted octanol–water partition coefficient (Wildman–Crippen LogP) is 2.03. The van der Waals surface area contributed by atoms with Crippen molar-refractivity contribution in [2.75, 3.05) is 23.8 Å². The molecule has 3 nitrogen and oxygen atoms in total. The number of benzene rings is 1. The highest BCUT2D eigenvalue weighted by molar-refractivity contribution is 5.91. The summed E-state index contributed by atoms with van der Waals surface area (Å²) in [5.41, 5.74) is 3.50. The van der Waals surface area contributed by atoms with Crippen LogP contribution in [0.2, 0.25) is 0 Å². The Balaban J connectivity index is 2.21. The van der Waals surface area contributed by atoms with Crippen molar-refractivity contribution in [1.82, 2.24) is 0 Å². The molecule has 15 heavy (non-hydrogen) atoms. The third-order valence-electron chi connectivity index (χ3n) is 2.82. The van der Waals surface area contributed by atoms with Gasteiger partial charge >= 0.3 is 0 Å². The zero-order valence-electron chi connectivity index (χ0n) is 9.21. The number of nitrogens with one attached hydrogen (secondary N) is 1. The first-order chi connectivity index (χ1) is 7.20. The van der Waals surface area contributed by atoms with Gasteiger partial charge in [0.2, 0.25) is 5.91 Å². The normalized spacial score (nSPS) is 13.9. The van der Waals surface area contributed by atoms with Gasteiger partial charge in [0.15, 0.2) is 0 Å². The summed E-state index contributed by atoms with van der Waals surface area (Å²) in [7, 11) is 2.08. The Morgan fingerprint density at radius 2 is 2.33 bits per heavy atom. The monoisotopic (exact) mass is 204 g/mol. The summed E-state index contributed by atoms with van der Waals surface area (Å²) in [6.45, 7) is 2.93. The lowest BCUT2D eigenvalue weighted by Crippen LogP contribution is -2.13. The predicted molar refractivity (Wildman–Crippen MR) is 62.3 cm³/mol. The van der Waals surface area contributed by atoms with Gasteiger partial charge in [0.1, 0.15) is 0 Å². The van der Waals surface area contributed by atoms with Crippen molar-refractivity contribution in [1.29, 1.82) is 0 Å². The average Bonchev–Trinajstić information content (AvgIpc) is 2.60. The Labute approximate surface area is 90.1 Å². The Kier molecular flexibility index (Phi) is 2.62. The fourth-order valence-electron chi connectivity index (χ4n) is 1.87. The summed E-state index contributed by atoms with van der Waals surface area (Å²) < 4.78 is 0. The number of fused-ring (bicyclic) bond motifs is 1. The van der Waals surface area contributed by atoms with Crippen molar-refractivity contribution in [2.45, 2.75) is 19.8 Å². The Bertz CT molecular complexity index is 387. The van der Waals surface area contributed by atoms with Crippen LogP contribution in [0.25, 0.3) is 0 Å². The van der Waals surface area contributed by atoms with E-state index in [1.54, 1.807) is 0 Å². The number of hydrogen-bond acceptors (Lipinski definition) is 2. The molecule has 0 unspecified atom stereocenters. The zero-order valence-corrected chi connectivity index (χ0v) is 9.21. The van der Waals surface area contributed by atoms with Gasteiger partial charge in [-0.25, -0.2) is 0 Å². The van der Waals surface area contributed by atoms with Gasteiger partial charge in [-0.05, 0) is 24.1 Å². The lowest BCUT2D eigenvalue weighted by atomic mass is 10.1. The van der Waals surface area contributed by atoms with Crippen molar-refractivity contribution >= 4 is 17.3 Å². The van der Waals surface area contributed by atoms with Crippen LogP contribution in [0.4, 0.5) is 11.4 Å². The van der Waals surface area contributed by atoms with Gasteiger partial charge in [-0.2, -0.15) is 0 Å². The molecule has 0 radical (unpaired) electrons. The molecule has 1 aromatic carbocycles. The summed E-state index contributed by atoms with van der Waals surface area (Å²) in [4.78, 5) is 13.5. The average molecular weight is 204 g/mol. The van der Waals surface area contributed by atoms with Crippen molar-refractivity contribution in [2.24, 2.45) is 0 Å². The number of carbonyl (C=O) groups is 1. The van der Waals surface area contributed by atoms with Crippen LogP contribution in [0, 0.1) is 0 Å². The fourth-order valence-corrected chi connectivity index (χ4v) is 1.87. The molecule has 1 heterocycles. The lowest BCUT2D eigenvalue weighted by Gasteiger charge is -2.13. The Morgan fingerprint density at radius 1 is 1.53 bits per heavy atom. The van der Waals surface area contributed by atoms with E-state index in [4.69, 9.17) is 0 Å². The highest BCUT2D eigenvalue weighted by Gasteiger charge is 2.15. The fraction of sp³-hybridized carbons (Fsp3) is 0.417. The third-order valence-corrected chi connectivity index (χ3v) is 2.82. The molecule has 1 aliphatic rings. The van der Waals surface area contributed by atoms with Gasteiger partial charge in [-0.15, -0.1) is 0 Å². The maximum Gasteiger partial charge on any atom is 0.224 e. The summed E-state index contributed by atoms with van der Waals surface area (Å²) in [5, 5.41) is 2.88. The minimum Gasteiger partial charge on any atom is -0.374 e. The van der Waals surface area contributed by atoms with E-state index < -0.39 is 0 Å². The standard InChI is InChI=1S/C12H16N2O/c1-3-12(15)13-10-5-4-9-6-7-14(2)11(9)8-10/h4-5,8H,3,6-7H2,1-2H3,(H,13,15). The van der Waals surface area contributed by atoms with E-state index in [9.17, 15) is 4.79 Å². The van der Waals surface area contributed by atoms with Gasteiger partial charge in [0, 0.05) is 31.4 Å². The van der Waals surface area contributed by atoms with Gasteiger partial charge in [0.05, 0.1) is 0 Å². The summed E-state index contributed by atoms with van der Waals surface area (Å²) in [6.07, 6.45) is 1.63. The number of likely N-dealkylation sites (N-methyl/N-ethyl adjacent to an activating group) is 1. The second-order valence-electron chi connectivity index (χ2n) is 3.92. The van der Waals surface area contributed by atoms with E-state index in [0.29, 0.717) is 6.42 Å². The van der Waals surface area contributed by atoms with Crippen LogP contribution in [0.15, 0.2) is 18.2 Å². The van der Waals surface area contributed by atoms with Gasteiger partial charge < -0.3 is 10.2 Å². The lowest BCUT2D eigenvalue weighted by molar-refractivity contribution is -0.115. The summed E-state index contributed by atoms with van der Waals surface area (Å²) in [5.74, 6) is 0.0654. The number of carbonyl (C=O) groups excluding carboxylic acids is 1. The molecule has 0 bridgehead atoms. The SMILES string of the molecule is CCC(=O)Nc1ccc2c(c1)N(C)CC2. The molecule has 0 aromatic heterocycles. The molecule has 0 atom stereocenters. The van der Waals surface area contributed by atoms with Crippen LogP contribution in [0.3, 0.4) is 0 Å². The van der Waals surface area contributed by atoms with Gasteiger partial charge in [0.25, 0.3) is 0 Å². The molecular weight excluding hydrogens is 188 g/mol. The minimum atomic E-state index is 0.0654. The zero-order chi connectivity index (χ0) is 10.8. The van der Waals surface area contributed by atoms with Crippen molar-refractivity contribution in [3.05, 3.63) is 23.8 Å². The van der Waals surface area contributed by atoms with E-state index in [2.05, 4.69) is 29.4 Å². The van der Waals surface area contributed by atoms with Crippen LogP contribution < -0.4 is 10.2 Å². The molecule has 0 aliphatic carbocycles. The van der Waals surface area contributed by atoms with E-state index in [1.807, 2.05) is 13.0 Å². The number of rotatable bonds is 2. The molecule has 3 heteroatoms. The molecule has 0 spiro atoms. The molecule has 2 rings (SSSR count). The van der Waals surface area contributed by atoms with Crippen LogP contribution in [-0.4, -0.2) is 19.5 Å². The Morgan fingerprint density at radius 3 is 3.07 bits per heavy atom. The molecule has 0 saturated carbocycles. The van der Waals surface area contributed by atoms with Crippen molar-refractivity contribution in [3.8, 4) is 0 Å². The van der Waals surface area contributed by atoms with Crippen LogP contribution >= 0.6 is 0 Å². The van der Waals surface area contributed by atoms with Gasteiger partial charge in [-0.3, -0.25) is 4.79 Å². The number of nitrogens with zero attached hydrogens (tertiary/aromatic N) is 1. The topological polar surface area (TPSA) is 32.3 Å². The third kappa shape index (κ3) is 1.96. The molecular formula is C12H16N2O.